The highest BCUT2D eigenvalue weighted by atomic mass is 16.5. The Hall–Kier alpha value is -1.85. The van der Waals surface area contributed by atoms with E-state index in [9.17, 15) is 0 Å². The summed E-state index contributed by atoms with van der Waals surface area (Å²) in [6.07, 6.45) is 3.56. The van der Waals surface area contributed by atoms with Crippen molar-refractivity contribution < 1.29 is 4.74 Å². The summed E-state index contributed by atoms with van der Waals surface area (Å²) in [5.74, 6) is 0.484. The first-order valence-electron chi connectivity index (χ1n) is 9.19. The second-order valence-corrected chi connectivity index (χ2v) is 6.77. The van der Waals surface area contributed by atoms with E-state index >= 15 is 0 Å². The summed E-state index contributed by atoms with van der Waals surface area (Å²) in [7, 11) is 0. The summed E-state index contributed by atoms with van der Waals surface area (Å²) in [6.45, 7) is 11.1. The number of nitrogens with zero attached hydrogens (tertiary/aromatic N) is 2. The Labute approximate surface area is 152 Å². The minimum absolute atomic E-state index is 0.390. The summed E-state index contributed by atoms with van der Waals surface area (Å²) >= 11 is 0. The number of hydrogen-bond donors (Lipinski definition) is 2. The largest absolute Gasteiger partial charge is 0.378 e. The van der Waals surface area contributed by atoms with Crippen molar-refractivity contribution in [3.63, 3.8) is 0 Å². The number of aliphatic imine (C=N–C) groups is 1. The number of ether oxygens (including phenoxy) is 1. The van der Waals surface area contributed by atoms with E-state index in [-0.39, 0.29) is 0 Å². The molecule has 0 atom stereocenters. The first kappa shape index (κ1) is 19.5. The van der Waals surface area contributed by atoms with Crippen LogP contribution in [0.15, 0.2) is 47.5 Å². The van der Waals surface area contributed by atoms with E-state index < -0.39 is 0 Å². The van der Waals surface area contributed by atoms with Crippen LogP contribution in [0.5, 0.6) is 0 Å². The summed E-state index contributed by atoms with van der Waals surface area (Å²) in [4.78, 5) is 6.70. The van der Waals surface area contributed by atoms with Gasteiger partial charge in [-0.05, 0) is 31.7 Å². The predicted molar refractivity (Wildman–Crippen MR) is 105 cm³/mol. The van der Waals surface area contributed by atoms with Gasteiger partial charge in [0.2, 0.25) is 0 Å². The summed E-state index contributed by atoms with van der Waals surface area (Å²) in [5, 5.41) is 3.11. The molecule has 1 saturated heterocycles. The van der Waals surface area contributed by atoms with Gasteiger partial charge in [-0.1, -0.05) is 42.5 Å². The molecule has 1 aliphatic heterocycles. The van der Waals surface area contributed by atoms with Crippen LogP contribution in [0.4, 0.5) is 0 Å². The number of piperidine rings is 1. The van der Waals surface area contributed by atoms with Crippen LogP contribution in [-0.2, 0) is 11.3 Å². The molecule has 1 fully saturated rings. The van der Waals surface area contributed by atoms with Gasteiger partial charge in [0.25, 0.3) is 0 Å². The highest BCUT2D eigenvalue weighted by Gasteiger charge is 2.19. The first-order chi connectivity index (χ1) is 12.1. The van der Waals surface area contributed by atoms with Crippen molar-refractivity contribution in [3.8, 4) is 0 Å². The van der Waals surface area contributed by atoms with Gasteiger partial charge in [0.05, 0.1) is 12.6 Å². The summed E-state index contributed by atoms with van der Waals surface area (Å²) in [6, 6.07) is 10.7. The second kappa shape index (κ2) is 10.9. The van der Waals surface area contributed by atoms with Crippen molar-refractivity contribution in [1.29, 1.82) is 0 Å². The van der Waals surface area contributed by atoms with Crippen LogP contribution in [0.3, 0.4) is 0 Å². The van der Waals surface area contributed by atoms with Gasteiger partial charge in [0, 0.05) is 32.8 Å². The predicted octanol–water partition coefficient (Wildman–Crippen LogP) is 2.54. The fourth-order valence-corrected chi connectivity index (χ4v) is 2.89. The molecule has 25 heavy (non-hydrogen) atoms. The van der Waals surface area contributed by atoms with Crippen LogP contribution in [0, 0.1) is 0 Å². The van der Waals surface area contributed by atoms with Gasteiger partial charge in [0.15, 0.2) is 5.96 Å². The van der Waals surface area contributed by atoms with Crippen LogP contribution < -0.4 is 11.1 Å². The molecule has 0 bridgehead atoms. The van der Waals surface area contributed by atoms with E-state index in [1.807, 2.05) is 6.92 Å². The quantitative estimate of drug-likeness (QED) is 0.313. The van der Waals surface area contributed by atoms with Crippen molar-refractivity contribution in [3.05, 3.63) is 48.0 Å². The van der Waals surface area contributed by atoms with E-state index in [1.54, 1.807) is 0 Å². The molecule has 0 amide bonds. The molecule has 3 N–H and O–H groups in total. The maximum atomic E-state index is 6.00. The lowest BCUT2D eigenvalue weighted by Crippen LogP contribution is -2.37. The van der Waals surface area contributed by atoms with Gasteiger partial charge in [0.1, 0.15) is 0 Å². The zero-order valence-electron chi connectivity index (χ0n) is 15.4. The molecule has 1 aliphatic rings. The average Bonchev–Trinajstić information content (AvgIpc) is 2.62. The lowest BCUT2D eigenvalue weighted by atomic mass is 10.1. The zero-order chi connectivity index (χ0) is 17.9. The number of hydrogen-bond acceptors (Lipinski definition) is 3. The van der Waals surface area contributed by atoms with E-state index in [2.05, 4.69) is 52.1 Å². The Morgan fingerprint density at radius 3 is 2.72 bits per heavy atom. The number of rotatable bonds is 9. The van der Waals surface area contributed by atoms with Crippen molar-refractivity contribution in [1.82, 2.24) is 10.2 Å². The Balaban J connectivity index is 1.52. The van der Waals surface area contributed by atoms with Crippen LogP contribution in [0.1, 0.15) is 31.7 Å². The van der Waals surface area contributed by atoms with Crippen molar-refractivity contribution >= 4 is 5.96 Å². The standard InChI is InChI=1S/C20H32N4O/c1-17(2)15-23-20(21)22-11-6-14-25-19-9-12-24(13-10-19)16-18-7-4-3-5-8-18/h3-5,7-8,19H,1,6,9-16H2,2H3,(H3,21,22,23). The molecule has 0 spiro atoms. The molecule has 1 aromatic carbocycles. The molecule has 0 aromatic heterocycles. The Kier molecular flexibility index (Phi) is 8.49. The molecule has 1 heterocycles. The molecule has 5 heteroatoms. The average molecular weight is 345 g/mol. The Bertz CT molecular complexity index is 536. The first-order valence-corrected chi connectivity index (χ1v) is 9.19. The zero-order valence-corrected chi connectivity index (χ0v) is 15.4. The molecule has 138 valence electrons. The third-order valence-electron chi connectivity index (χ3n) is 4.28. The molecule has 5 nitrogen and oxygen atoms in total. The van der Waals surface area contributed by atoms with Gasteiger partial charge >= 0.3 is 0 Å². The Morgan fingerprint density at radius 2 is 2.04 bits per heavy atom. The summed E-state index contributed by atoms with van der Waals surface area (Å²) in [5.41, 5.74) is 8.17. The fourth-order valence-electron chi connectivity index (χ4n) is 2.89. The van der Waals surface area contributed by atoms with E-state index in [1.165, 1.54) is 5.56 Å². The molecular weight excluding hydrogens is 312 g/mol. The Morgan fingerprint density at radius 1 is 1.32 bits per heavy atom. The van der Waals surface area contributed by atoms with E-state index in [4.69, 9.17) is 10.5 Å². The smallest absolute Gasteiger partial charge is 0.188 e. The number of likely N-dealkylation sites (tertiary alicyclic amines) is 1. The lowest BCUT2D eigenvalue weighted by Gasteiger charge is -2.32. The van der Waals surface area contributed by atoms with Crippen LogP contribution in [-0.4, -0.2) is 49.7 Å². The minimum Gasteiger partial charge on any atom is -0.378 e. The number of nitrogens with one attached hydrogen (secondary N) is 1. The highest BCUT2D eigenvalue weighted by molar-refractivity contribution is 5.77. The maximum absolute atomic E-state index is 6.00. The van der Waals surface area contributed by atoms with Gasteiger partial charge in [-0.3, -0.25) is 4.90 Å². The van der Waals surface area contributed by atoms with Crippen molar-refractivity contribution in [2.24, 2.45) is 10.7 Å². The van der Waals surface area contributed by atoms with Crippen LogP contribution in [0.2, 0.25) is 0 Å². The molecule has 0 unspecified atom stereocenters. The molecule has 2 rings (SSSR count). The van der Waals surface area contributed by atoms with Crippen molar-refractivity contribution in [2.45, 2.75) is 38.8 Å². The molecule has 0 saturated carbocycles. The third-order valence-corrected chi connectivity index (χ3v) is 4.28. The third kappa shape index (κ3) is 8.18. The van der Waals surface area contributed by atoms with E-state index in [0.717, 1.165) is 57.6 Å². The number of benzene rings is 1. The van der Waals surface area contributed by atoms with Crippen LogP contribution in [0.25, 0.3) is 0 Å². The SMILES string of the molecule is C=C(C)CN=C(N)NCCCOC1CCN(Cc2ccccc2)CC1. The van der Waals surface area contributed by atoms with E-state index in [0.29, 0.717) is 18.6 Å². The maximum Gasteiger partial charge on any atom is 0.188 e. The topological polar surface area (TPSA) is 62.9 Å². The van der Waals surface area contributed by atoms with Gasteiger partial charge in [-0.2, -0.15) is 0 Å². The highest BCUT2D eigenvalue weighted by Crippen LogP contribution is 2.16. The fraction of sp³-hybridized carbons (Fsp3) is 0.550. The van der Waals surface area contributed by atoms with Crippen LogP contribution >= 0.6 is 0 Å². The number of nitrogens with two attached hydrogens (primary N) is 1. The second-order valence-electron chi connectivity index (χ2n) is 6.77. The number of guanidine groups is 1. The summed E-state index contributed by atoms with van der Waals surface area (Å²) < 4.78 is 6.00. The molecule has 1 aromatic rings. The van der Waals surface area contributed by atoms with Gasteiger partial charge < -0.3 is 15.8 Å². The molecule has 0 aliphatic carbocycles. The lowest BCUT2D eigenvalue weighted by molar-refractivity contribution is 0.00535. The van der Waals surface area contributed by atoms with Gasteiger partial charge in [-0.25, -0.2) is 4.99 Å². The molecular formula is C20H32N4O. The van der Waals surface area contributed by atoms with Crippen molar-refractivity contribution in [2.75, 3.05) is 32.8 Å². The van der Waals surface area contributed by atoms with Gasteiger partial charge in [-0.15, -0.1) is 0 Å². The monoisotopic (exact) mass is 344 g/mol. The normalized spacial score (nSPS) is 16.8. The molecule has 0 radical (unpaired) electrons. The minimum atomic E-state index is 0.390.